The Morgan fingerprint density at radius 1 is 1.57 bits per heavy atom. The molecule has 1 aliphatic rings. The van der Waals surface area contributed by atoms with E-state index in [0.29, 0.717) is 0 Å². The van der Waals surface area contributed by atoms with Gasteiger partial charge < -0.3 is 21.5 Å². The number of hydrogen-bond acceptors (Lipinski definition) is 3. The maximum absolute atomic E-state index is 10.9. The monoisotopic (exact) mass is 197 g/mol. The highest BCUT2D eigenvalue weighted by Gasteiger charge is 2.45. The van der Waals surface area contributed by atoms with Crippen molar-refractivity contribution >= 4 is 11.9 Å². The second-order valence-corrected chi connectivity index (χ2v) is 3.26. The Bertz CT molecular complexity index is 298. The van der Waals surface area contributed by atoms with Gasteiger partial charge in [0.1, 0.15) is 11.6 Å². The van der Waals surface area contributed by atoms with E-state index in [1.54, 1.807) is 0 Å². The van der Waals surface area contributed by atoms with Crippen molar-refractivity contribution in [1.29, 1.82) is 0 Å². The fourth-order valence-corrected chi connectivity index (χ4v) is 1.48. The Morgan fingerprint density at radius 3 is 2.43 bits per heavy atom. The summed E-state index contributed by atoms with van der Waals surface area (Å²) in [5.74, 6) is 1.38. The zero-order chi connectivity index (χ0) is 10.9. The molecule has 5 N–H and O–H groups in total. The number of amides is 3. The SMILES string of the molecule is C#CC1(O)CC(C(N)=O)N(C(N)=O)C1. The van der Waals surface area contributed by atoms with Crippen molar-refractivity contribution in [2.24, 2.45) is 11.5 Å². The van der Waals surface area contributed by atoms with Crippen LogP contribution in [0, 0.1) is 12.3 Å². The smallest absolute Gasteiger partial charge is 0.315 e. The van der Waals surface area contributed by atoms with Gasteiger partial charge in [0, 0.05) is 6.42 Å². The van der Waals surface area contributed by atoms with E-state index in [1.165, 1.54) is 0 Å². The van der Waals surface area contributed by atoms with E-state index in [9.17, 15) is 14.7 Å². The molecule has 1 fully saturated rings. The Labute approximate surface area is 80.8 Å². The van der Waals surface area contributed by atoms with Gasteiger partial charge in [-0.15, -0.1) is 6.42 Å². The van der Waals surface area contributed by atoms with Gasteiger partial charge in [0.2, 0.25) is 5.91 Å². The number of primary amides is 2. The number of nitrogens with two attached hydrogens (primary N) is 2. The van der Waals surface area contributed by atoms with Crippen LogP contribution >= 0.6 is 0 Å². The first-order valence-electron chi connectivity index (χ1n) is 3.95. The maximum atomic E-state index is 10.9. The average molecular weight is 197 g/mol. The minimum absolute atomic E-state index is 0.0677. The van der Waals surface area contributed by atoms with E-state index in [-0.39, 0.29) is 13.0 Å². The third-order valence-corrected chi connectivity index (χ3v) is 2.22. The zero-order valence-electron chi connectivity index (χ0n) is 7.43. The third-order valence-electron chi connectivity index (χ3n) is 2.22. The van der Waals surface area contributed by atoms with Crippen LogP contribution in [0.3, 0.4) is 0 Å². The lowest BCUT2D eigenvalue weighted by Gasteiger charge is -2.18. The molecule has 1 aliphatic heterocycles. The van der Waals surface area contributed by atoms with Crippen molar-refractivity contribution in [2.45, 2.75) is 18.1 Å². The molecular formula is C8H11N3O3. The summed E-state index contributed by atoms with van der Waals surface area (Å²) in [4.78, 5) is 22.8. The Kier molecular flexibility index (Phi) is 2.36. The van der Waals surface area contributed by atoms with Crippen molar-refractivity contribution < 1.29 is 14.7 Å². The van der Waals surface area contributed by atoms with Crippen LogP contribution in [-0.2, 0) is 4.79 Å². The second-order valence-electron chi connectivity index (χ2n) is 3.26. The molecule has 76 valence electrons. The highest BCUT2D eigenvalue weighted by Crippen LogP contribution is 2.25. The van der Waals surface area contributed by atoms with Crippen LogP contribution in [0.15, 0.2) is 0 Å². The largest absolute Gasteiger partial charge is 0.376 e. The maximum Gasteiger partial charge on any atom is 0.315 e. The summed E-state index contributed by atoms with van der Waals surface area (Å²) in [6.45, 7) is -0.160. The summed E-state index contributed by atoms with van der Waals surface area (Å²) in [7, 11) is 0. The molecule has 0 saturated carbocycles. The number of hydrogen-bond donors (Lipinski definition) is 3. The first-order chi connectivity index (χ1) is 6.39. The molecule has 2 atom stereocenters. The standard InChI is InChI=1S/C8H11N3O3/c1-2-8(14)3-5(6(9)12)11(4-8)7(10)13/h1,5,14H,3-4H2,(H2,9,12)(H2,10,13). The van der Waals surface area contributed by atoms with Crippen molar-refractivity contribution in [3.05, 3.63) is 0 Å². The van der Waals surface area contributed by atoms with E-state index >= 15 is 0 Å². The fraction of sp³-hybridized carbons (Fsp3) is 0.500. The van der Waals surface area contributed by atoms with Gasteiger partial charge in [-0.05, 0) is 0 Å². The number of nitrogens with zero attached hydrogens (tertiary/aromatic N) is 1. The molecule has 1 heterocycles. The van der Waals surface area contributed by atoms with Gasteiger partial charge >= 0.3 is 6.03 Å². The summed E-state index contributed by atoms with van der Waals surface area (Å²) in [6, 6.07) is -1.74. The van der Waals surface area contributed by atoms with E-state index < -0.39 is 23.6 Å². The average Bonchev–Trinajstić information content (AvgIpc) is 2.45. The number of carbonyl (C=O) groups excluding carboxylic acids is 2. The van der Waals surface area contributed by atoms with E-state index in [1.807, 2.05) is 0 Å². The molecule has 2 unspecified atom stereocenters. The number of rotatable bonds is 1. The minimum atomic E-state index is -1.51. The van der Waals surface area contributed by atoms with Crippen LogP contribution in [-0.4, -0.2) is 40.1 Å². The van der Waals surface area contributed by atoms with Crippen LogP contribution in [0.2, 0.25) is 0 Å². The fourth-order valence-electron chi connectivity index (χ4n) is 1.48. The Hall–Kier alpha value is -1.74. The molecule has 1 rings (SSSR count). The number of terminal acetylenes is 1. The van der Waals surface area contributed by atoms with E-state index in [2.05, 4.69) is 5.92 Å². The topological polar surface area (TPSA) is 110 Å². The number of urea groups is 1. The molecule has 0 aromatic rings. The minimum Gasteiger partial charge on any atom is -0.376 e. The predicted molar refractivity (Wildman–Crippen MR) is 47.7 cm³/mol. The van der Waals surface area contributed by atoms with Gasteiger partial charge in [-0.3, -0.25) is 4.79 Å². The summed E-state index contributed by atoms with van der Waals surface area (Å²) < 4.78 is 0. The first kappa shape index (κ1) is 10.3. The third kappa shape index (κ3) is 1.63. The van der Waals surface area contributed by atoms with Crippen molar-refractivity contribution in [2.75, 3.05) is 6.54 Å². The Balaban J connectivity index is 2.92. The van der Waals surface area contributed by atoms with Crippen LogP contribution in [0.4, 0.5) is 4.79 Å². The lowest BCUT2D eigenvalue weighted by molar-refractivity contribution is -0.121. The molecule has 0 aliphatic carbocycles. The summed E-state index contributed by atoms with van der Waals surface area (Å²) >= 11 is 0. The zero-order valence-corrected chi connectivity index (χ0v) is 7.43. The summed E-state index contributed by atoms with van der Waals surface area (Å²) in [5, 5.41) is 9.65. The van der Waals surface area contributed by atoms with Gasteiger partial charge in [0.15, 0.2) is 0 Å². The molecule has 14 heavy (non-hydrogen) atoms. The quantitative estimate of drug-likeness (QED) is 0.422. The van der Waals surface area contributed by atoms with Crippen molar-refractivity contribution in [3.8, 4) is 12.3 Å². The highest BCUT2D eigenvalue weighted by atomic mass is 16.3. The van der Waals surface area contributed by atoms with Gasteiger partial charge in [-0.25, -0.2) is 4.79 Å². The lowest BCUT2D eigenvalue weighted by atomic mass is 10.0. The van der Waals surface area contributed by atoms with Gasteiger partial charge in [-0.1, -0.05) is 5.92 Å². The molecule has 0 aromatic heterocycles. The molecule has 3 amide bonds. The summed E-state index contributed by atoms with van der Waals surface area (Å²) in [6.07, 6.45) is 4.99. The predicted octanol–water partition coefficient (Wildman–Crippen LogP) is -2.01. The van der Waals surface area contributed by atoms with Gasteiger partial charge in [-0.2, -0.15) is 0 Å². The van der Waals surface area contributed by atoms with Crippen molar-refractivity contribution in [1.82, 2.24) is 4.90 Å². The molecule has 6 heteroatoms. The molecule has 0 radical (unpaired) electrons. The molecule has 6 nitrogen and oxygen atoms in total. The van der Waals surface area contributed by atoms with Crippen LogP contribution in [0.1, 0.15) is 6.42 Å². The number of aliphatic hydroxyl groups is 1. The van der Waals surface area contributed by atoms with Gasteiger partial charge in [0.25, 0.3) is 0 Å². The van der Waals surface area contributed by atoms with Crippen LogP contribution < -0.4 is 11.5 Å². The Morgan fingerprint density at radius 2 is 2.14 bits per heavy atom. The molecule has 0 spiro atoms. The van der Waals surface area contributed by atoms with Gasteiger partial charge in [0.05, 0.1) is 6.54 Å². The molecule has 0 aromatic carbocycles. The molecule has 1 saturated heterocycles. The van der Waals surface area contributed by atoms with Crippen LogP contribution in [0.25, 0.3) is 0 Å². The number of likely N-dealkylation sites (tertiary alicyclic amines) is 1. The van der Waals surface area contributed by atoms with Crippen LogP contribution in [0.5, 0.6) is 0 Å². The summed E-state index contributed by atoms with van der Waals surface area (Å²) in [5.41, 5.74) is 8.53. The second kappa shape index (κ2) is 3.20. The lowest BCUT2D eigenvalue weighted by Crippen LogP contribution is -2.46. The molecule has 0 bridgehead atoms. The number of β-amino-alcohol motifs (C(OH)–C–C–N with tert-alkyl or cyclic N) is 1. The van der Waals surface area contributed by atoms with E-state index in [0.717, 1.165) is 4.90 Å². The normalized spacial score (nSPS) is 31.1. The molecular weight excluding hydrogens is 186 g/mol. The first-order valence-corrected chi connectivity index (χ1v) is 3.95. The highest BCUT2D eigenvalue weighted by molar-refractivity contribution is 5.86. The van der Waals surface area contributed by atoms with E-state index in [4.69, 9.17) is 17.9 Å². The number of carbonyl (C=O) groups is 2. The van der Waals surface area contributed by atoms with Crippen molar-refractivity contribution in [3.63, 3.8) is 0 Å².